The van der Waals surface area contributed by atoms with Crippen LogP contribution in [0.25, 0.3) is 10.8 Å². The number of hydrogen-bond donors (Lipinski definition) is 3. The van der Waals surface area contributed by atoms with Gasteiger partial charge in [-0.1, -0.05) is 78.9 Å². The molecule has 2 atom stereocenters. The predicted molar refractivity (Wildman–Crippen MR) is 143 cm³/mol. The van der Waals surface area contributed by atoms with Crippen molar-refractivity contribution >= 4 is 23.4 Å². The molecule has 0 saturated carbocycles. The summed E-state index contributed by atoms with van der Waals surface area (Å²) in [6, 6.07) is 25.9. The molecule has 186 valence electrons. The van der Waals surface area contributed by atoms with Crippen LogP contribution in [0.4, 0.5) is 0 Å². The lowest BCUT2D eigenvalue weighted by molar-refractivity contribution is -0.0747. The third-order valence-electron chi connectivity index (χ3n) is 6.69. The number of rotatable bonds is 10. The molecule has 1 aromatic heterocycles. The summed E-state index contributed by atoms with van der Waals surface area (Å²) in [6.07, 6.45) is 1.94. The van der Waals surface area contributed by atoms with E-state index in [9.17, 15) is 10.0 Å². The highest BCUT2D eigenvalue weighted by Crippen LogP contribution is 2.49. The summed E-state index contributed by atoms with van der Waals surface area (Å²) >= 11 is 0. The van der Waals surface area contributed by atoms with Crippen LogP contribution >= 0.6 is 0 Å². The molecule has 0 spiro atoms. The van der Waals surface area contributed by atoms with E-state index in [1.54, 1.807) is 13.2 Å². The average Bonchev–Trinajstić information content (AvgIpc) is 2.91. The fourth-order valence-corrected chi connectivity index (χ4v) is 4.96. The molecule has 0 radical (unpaired) electrons. The van der Waals surface area contributed by atoms with Crippen LogP contribution < -0.4 is 16.1 Å². The maximum Gasteiger partial charge on any atom is 0.490 e. The zero-order valence-corrected chi connectivity index (χ0v) is 20.8. The van der Waals surface area contributed by atoms with Gasteiger partial charge in [-0.2, -0.15) is 0 Å². The average molecular weight is 485 g/mol. The second-order valence-corrected chi connectivity index (χ2v) is 9.17. The number of nitrogens with zero attached hydrogens (tertiary/aromatic N) is 2. The number of hydrogen-bond acceptors (Lipinski definition) is 7. The van der Waals surface area contributed by atoms with Gasteiger partial charge < -0.3 is 19.7 Å². The number of benzene rings is 3. The van der Waals surface area contributed by atoms with Gasteiger partial charge in [0.1, 0.15) is 5.60 Å². The fourth-order valence-electron chi connectivity index (χ4n) is 4.96. The quantitative estimate of drug-likeness (QED) is 0.235. The molecule has 0 aliphatic heterocycles. The van der Waals surface area contributed by atoms with Gasteiger partial charge in [0.15, 0.2) is 0 Å². The van der Waals surface area contributed by atoms with Gasteiger partial charge in [-0.3, -0.25) is 4.84 Å². The highest BCUT2D eigenvalue weighted by molar-refractivity contribution is 6.58. The molecule has 2 unspecified atom stereocenters. The minimum Gasteiger partial charge on any atom is -0.481 e. The first-order valence-electron chi connectivity index (χ1n) is 11.9. The van der Waals surface area contributed by atoms with Crippen LogP contribution in [-0.4, -0.2) is 54.8 Å². The molecule has 0 amide bonds. The molecule has 1 heterocycles. The zero-order valence-electron chi connectivity index (χ0n) is 20.8. The minimum absolute atomic E-state index is 0.253. The Morgan fingerprint density at radius 3 is 2.36 bits per heavy atom. The Labute approximate surface area is 212 Å². The maximum absolute atomic E-state index is 9.97. The summed E-state index contributed by atoms with van der Waals surface area (Å²) in [4.78, 5) is 12.6. The minimum atomic E-state index is -1.69. The van der Waals surface area contributed by atoms with Crippen LogP contribution in [-0.2, 0) is 10.4 Å². The number of pyridine rings is 1. The summed E-state index contributed by atoms with van der Waals surface area (Å²) in [7, 11) is 3.87. The Hall–Kier alpha value is -3.27. The van der Waals surface area contributed by atoms with E-state index < -0.39 is 18.6 Å². The van der Waals surface area contributed by atoms with Gasteiger partial charge in [0.25, 0.3) is 0 Å². The van der Waals surface area contributed by atoms with Crippen LogP contribution in [0.5, 0.6) is 5.88 Å². The number of aromatic nitrogens is 1. The van der Waals surface area contributed by atoms with E-state index in [0.29, 0.717) is 24.4 Å². The zero-order chi connectivity index (χ0) is 25.7. The van der Waals surface area contributed by atoms with E-state index in [2.05, 4.69) is 28.1 Å². The Kier molecular flexibility index (Phi) is 8.03. The van der Waals surface area contributed by atoms with E-state index in [4.69, 9.17) is 15.5 Å². The van der Waals surface area contributed by atoms with Crippen molar-refractivity contribution in [1.29, 1.82) is 0 Å². The van der Waals surface area contributed by atoms with Gasteiger partial charge in [-0.05, 0) is 42.4 Å². The standard InChI is InChI=1S/C28H32BN3O4/c1-32(2)17-16-28(36-30,25-15-9-13-20-10-7-8-14-23(20)25)26(21-11-5-4-6-12-21)24-18-22(29(33)34)19-31-27(24)35-3/h4-15,18-19,26,33-34H,16-17,30H2,1-3H3. The van der Waals surface area contributed by atoms with Crippen molar-refractivity contribution in [2.75, 3.05) is 27.7 Å². The SMILES string of the molecule is COc1ncc(B(O)O)cc1C(c1ccccc1)C(CCN(C)C)(ON)c1cccc2ccccc12. The Morgan fingerprint density at radius 1 is 1.00 bits per heavy atom. The van der Waals surface area contributed by atoms with Gasteiger partial charge in [-0.25, -0.2) is 10.9 Å². The highest BCUT2D eigenvalue weighted by atomic mass is 16.6. The number of ether oxygens (including phenoxy) is 1. The lowest BCUT2D eigenvalue weighted by atomic mass is 9.69. The predicted octanol–water partition coefficient (Wildman–Crippen LogP) is 2.79. The third-order valence-corrected chi connectivity index (χ3v) is 6.69. The van der Waals surface area contributed by atoms with Gasteiger partial charge in [0.2, 0.25) is 5.88 Å². The van der Waals surface area contributed by atoms with Gasteiger partial charge in [0.05, 0.1) is 7.11 Å². The van der Waals surface area contributed by atoms with Crippen LogP contribution in [0.3, 0.4) is 0 Å². The molecule has 4 rings (SSSR count). The van der Waals surface area contributed by atoms with Crippen molar-refractivity contribution in [3.8, 4) is 5.88 Å². The molecule has 0 saturated heterocycles. The lowest BCUT2D eigenvalue weighted by Gasteiger charge is -2.41. The van der Waals surface area contributed by atoms with Crippen molar-refractivity contribution in [3.63, 3.8) is 0 Å². The van der Waals surface area contributed by atoms with E-state index in [-0.39, 0.29) is 5.46 Å². The topological polar surface area (TPSA) is 101 Å². The van der Waals surface area contributed by atoms with Crippen LogP contribution in [0, 0.1) is 0 Å². The van der Waals surface area contributed by atoms with Gasteiger partial charge >= 0.3 is 7.12 Å². The molecule has 0 bridgehead atoms. The first-order chi connectivity index (χ1) is 17.4. The van der Waals surface area contributed by atoms with E-state index >= 15 is 0 Å². The summed E-state index contributed by atoms with van der Waals surface area (Å²) in [5.41, 5.74) is 1.70. The van der Waals surface area contributed by atoms with E-state index in [0.717, 1.165) is 21.9 Å². The fraction of sp³-hybridized carbons (Fsp3) is 0.250. The van der Waals surface area contributed by atoms with Crippen molar-refractivity contribution < 1.29 is 19.6 Å². The Balaban J connectivity index is 2.09. The van der Waals surface area contributed by atoms with Crippen molar-refractivity contribution in [1.82, 2.24) is 9.88 Å². The van der Waals surface area contributed by atoms with Crippen molar-refractivity contribution in [2.45, 2.75) is 17.9 Å². The molecular weight excluding hydrogens is 453 g/mol. The normalized spacial score (nSPS) is 14.0. The molecule has 7 nitrogen and oxygen atoms in total. The smallest absolute Gasteiger partial charge is 0.481 e. The molecule has 4 aromatic rings. The summed E-state index contributed by atoms with van der Waals surface area (Å²) in [5, 5.41) is 22.0. The molecule has 4 N–H and O–H groups in total. The maximum atomic E-state index is 9.97. The summed E-state index contributed by atoms with van der Waals surface area (Å²) in [5.74, 6) is 6.17. The molecule has 0 fully saturated rings. The first-order valence-corrected chi connectivity index (χ1v) is 11.9. The van der Waals surface area contributed by atoms with Crippen LogP contribution in [0.2, 0.25) is 0 Å². The number of nitrogens with two attached hydrogens (primary N) is 1. The molecule has 0 aliphatic carbocycles. The number of fused-ring (bicyclic) bond motifs is 1. The molecule has 36 heavy (non-hydrogen) atoms. The lowest BCUT2D eigenvalue weighted by Crippen LogP contribution is -2.43. The Morgan fingerprint density at radius 2 is 1.69 bits per heavy atom. The molecule has 0 aliphatic rings. The Bertz CT molecular complexity index is 1300. The monoisotopic (exact) mass is 485 g/mol. The van der Waals surface area contributed by atoms with E-state index in [1.807, 2.05) is 68.7 Å². The summed E-state index contributed by atoms with van der Waals surface area (Å²) < 4.78 is 5.69. The van der Waals surface area contributed by atoms with Gasteiger partial charge in [0, 0.05) is 29.7 Å². The third kappa shape index (κ3) is 5.00. The number of methoxy groups -OCH3 is 1. The highest BCUT2D eigenvalue weighted by Gasteiger charge is 2.46. The van der Waals surface area contributed by atoms with Crippen LogP contribution in [0.15, 0.2) is 85.1 Å². The second kappa shape index (κ2) is 11.2. The van der Waals surface area contributed by atoms with Crippen molar-refractivity contribution in [3.05, 3.63) is 102 Å². The molecule has 3 aromatic carbocycles. The van der Waals surface area contributed by atoms with Crippen LogP contribution in [0.1, 0.15) is 29.0 Å². The summed E-state index contributed by atoms with van der Waals surface area (Å²) in [6.45, 7) is 0.682. The van der Waals surface area contributed by atoms with Gasteiger partial charge in [-0.15, -0.1) is 0 Å². The van der Waals surface area contributed by atoms with Crippen molar-refractivity contribution in [2.24, 2.45) is 5.90 Å². The molecular formula is C28H32BN3O4. The second-order valence-electron chi connectivity index (χ2n) is 9.17. The van der Waals surface area contributed by atoms with E-state index in [1.165, 1.54) is 6.20 Å². The largest absolute Gasteiger partial charge is 0.490 e. The first kappa shape index (κ1) is 25.8. The molecule has 8 heteroatoms.